The molecule has 12 nitrogen and oxygen atoms in total. The number of carbonyl (C=O) groups is 3. The number of nitrogens with one attached hydrogen (secondary N) is 2. The molecule has 0 aromatic heterocycles. The summed E-state index contributed by atoms with van der Waals surface area (Å²) < 4.78 is 9.94. The maximum Gasteiger partial charge on any atom is 0.514 e. The smallest absolute Gasteiger partial charge is 0.429 e. The van der Waals surface area contributed by atoms with Crippen LogP contribution in [0.15, 0.2) is 48.5 Å². The monoisotopic (exact) mass is 445 g/mol. The zero-order chi connectivity index (χ0) is 23.5. The lowest BCUT2D eigenvalue weighted by atomic mass is 10.1. The number of non-ortho nitro benzene ring substituents is 1. The lowest BCUT2D eigenvalue weighted by Gasteiger charge is -2.12. The van der Waals surface area contributed by atoms with E-state index in [4.69, 9.17) is 20.9 Å². The number of nitrogens with zero attached hydrogens (tertiary/aromatic N) is 1. The van der Waals surface area contributed by atoms with Crippen LogP contribution in [0.2, 0.25) is 0 Å². The number of anilines is 1. The van der Waals surface area contributed by atoms with E-state index in [1.54, 1.807) is 24.3 Å². The molecule has 0 bridgehead atoms. The van der Waals surface area contributed by atoms with Crippen molar-refractivity contribution in [3.63, 3.8) is 0 Å². The molecule has 1 atom stereocenters. The Labute approximate surface area is 183 Å². The summed E-state index contributed by atoms with van der Waals surface area (Å²) in [6.45, 7) is 0.254. The molecule has 0 unspecified atom stereocenters. The number of primary amides is 1. The summed E-state index contributed by atoms with van der Waals surface area (Å²) in [6.07, 6.45) is -0.0911. The molecule has 0 aliphatic heterocycles. The minimum absolute atomic E-state index is 0.0770. The number of hydrogen-bond acceptors (Lipinski definition) is 8. The first-order valence-corrected chi connectivity index (χ1v) is 9.52. The van der Waals surface area contributed by atoms with Gasteiger partial charge >= 0.3 is 12.2 Å². The highest BCUT2D eigenvalue weighted by Crippen LogP contribution is 2.18. The summed E-state index contributed by atoms with van der Waals surface area (Å²) in [5, 5.41) is 15.7. The van der Waals surface area contributed by atoms with E-state index in [1.165, 1.54) is 24.3 Å². The molecule has 0 fully saturated rings. The van der Waals surface area contributed by atoms with Gasteiger partial charge in [0.1, 0.15) is 12.4 Å². The van der Waals surface area contributed by atoms with E-state index >= 15 is 0 Å². The van der Waals surface area contributed by atoms with Crippen LogP contribution in [0.25, 0.3) is 0 Å². The number of rotatable bonds is 10. The molecule has 0 saturated carbocycles. The van der Waals surface area contributed by atoms with Crippen LogP contribution in [-0.2, 0) is 16.1 Å². The van der Waals surface area contributed by atoms with Crippen LogP contribution in [0.1, 0.15) is 18.4 Å². The van der Waals surface area contributed by atoms with E-state index < -0.39 is 23.2 Å². The van der Waals surface area contributed by atoms with Gasteiger partial charge in [-0.1, -0.05) is 12.1 Å². The van der Waals surface area contributed by atoms with Gasteiger partial charge in [-0.15, -0.1) is 0 Å². The van der Waals surface area contributed by atoms with Gasteiger partial charge in [0.25, 0.3) is 5.69 Å². The molecule has 0 saturated heterocycles. The van der Waals surface area contributed by atoms with Gasteiger partial charge in [-0.3, -0.25) is 14.9 Å². The van der Waals surface area contributed by atoms with Crippen molar-refractivity contribution in [2.75, 3.05) is 11.9 Å². The van der Waals surface area contributed by atoms with Crippen LogP contribution < -0.4 is 26.8 Å². The van der Waals surface area contributed by atoms with Crippen molar-refractivity contribution in [2.45, 2.75) is 25.5 Å². The van der Waals surface area contributed by atoms with Crippen LogP contribution in [0, 0.1) is 10.1 Å². The number of benzene rings is 2. The van der Waals surface area contributed by atoms with Crippen molar-refractivity contribution in [3.05, 3.63) is 64.2 Å². The topological polar surface area (TPSA) is 189 Å². The normalized spacial score (nSPS) is 11.2. The second-order valence-electron chi connectivity index (χ2n) is 6.62. The number of amides is 3. The molecular weight excluding hydrogens is 422 g/mol. The Morgan fingerprint density at radius 2 is 1.72 bits per heavy atom. The van der Waals surface area contributed by atoms with Crippen molar-refractivity contribution in [1.29, 1.82) is 0 Å². The van der Waals surface area contributed by atoms with Crippen LogP contribution >= 0.6 is 0 Å². The highest BCUT2D eigenvalue weighted by atomic mass is 16.7. The van der Waals surface area contributed by atoms with Crippen LogP contribution in [0.4, 0.5) is 21.0 Å². The summed E-state index contributed by atoms with van der Waals surface area (Å²) in [4.78, 5) is 44.5. The van der Waals surface area contributed by atoms with Gasteiger partial charge in [-0.2, -0.15) is 0 Å². The first-order valence-electron chi connectivity index (χ1n) is 9.52. The van der Waals surface area contributed by atoms with Crippen LogP contribution in [-0.4, -0.2) is 35.6 Å². The number of urea groups is 1. The number of ether oxygens (including phenoxy) is 2. The van der Waals surface area contributed by atoms with Gasteiger partial charge in [-0.05, 0) is 42.7 Å². The Morgan fingerprint density at radius 1 is 1.06 bits per heavy atom. The molecule has 0 radical (unpaired) electrons. The fraction of sp³-hybridized carbons (Fsp3) is 0.250. The molecule has 2 aromatic rings. The minimum Gasteiger partial charge on any atom is -0.429 e. The van der Waals surface area contributed by atoms with Crippen LogP contribution in [0.3, 0.4) is 0 Å². The summed E-state index contributed by atoms with van der Waals surface area (Å²) in [7, 11) is 0. The zero-order valence-corrected chi connectivity index (χ0v) is 17.0. The van der Waals surface area contributed by atoms with Gasteiger partial charge in [0, 0.05) is 24.4 Å². The molecular formula is C20H23N5O7. The third-order valence-electron chi connectivity index (χ3n) is 4.15. The van der Waals surface area contributed by atoms with Crippen molar-refractivity contribution in [3.8, 4) is 5.75 Å². The first-order chi connectivity index (χ1) is 15.2. The Morgan fingerprint density at radius 3 is 2.31 bits per heavy atom. The van der Waals surface area contributed by atoms with Crippen molar-refractivity contribution < 1.29 is 28.8 Å². The van der Waals surface area contributed by atoms with Crippen LogP contribution in [0.5, 0.6) is 5.75 Å². The summed E-state index contributed by atoms with van der Waals surface area (Å²) in [5.41, 5.74) is 11.8. The average molecular weight is 445 g/mol. The third kappa shape index (κ3) is 8.28. The van der Waals surface area contributed by atoms with Gasteiger partial charge < -0.3 is 31.6 Å². The second-order valence-corrected chi connectivity index (χ2v) is 6.62. The Hall–Kier alpha value is -4.19. The number of nitro benzene ring substituents is 1. The zero-order valence-electron chi connectivity index (χ0n) is 17.0. The summed E-state index contributed by atoms with van der Waals surface area (Å²) in [6, 6.07) is 10.2. The summed E-state index contributed by atoms with van der Waals surface area (Å²) >= 11 is 0. The van der Waals surface area contributed by atoms with Crippen molar-refractivity contribution >= 4 is 29.5 Å². The minimum atomic E-state index is -0.965. The van der Waals surface area contributed by atoms with Crippen molar-refractivity contribution in [1.82, 2.24) is 5.32 Å². The Bertz CT molecular complexity index is 948. The molecule has 0 aliphatic rings. The molecule has 3 amide bonds. The molecule has 0 heterocycles. The fourth-order valence-electron chi connectivity index (χ4n) is 2.49. The van der Waals surface area contributed by atoms with E-state index in [1.807, 2.05) is 0 Å². The molecule has 0 aliphatic carbocycles. The van der Waals surface area contributed by atoms with E-state index in [9.17, 15) is 24.5 Å². The fourth-order valence-corrected chi connectivity index (χ4v) is 2.49. The van der Waals surface area contributed by atoms with Gasteiger partial charge in [0.2, 0.25) is 5.91 Å². The maximum atomic E-state index is 12.1. The van der Waals surface area contributed by atoms with Crippen molar-refractivity contribution in [2.24, 2.45) is 11.5 Å². The molecule has 170 valence electrons. The highest BCUT2D eigenvalue weighted by Gasteiger charge is 2.14. The predicted molar refractivity (Wildman–Crippen MR) is 114 cm³/mol. The van der Waals surface area contributed by atoms with E-state index in [0.717, 1.165) is 0 Å². The molecule has 0 spiro atoms. The molecule has 6 N–H and O–H groups in total. The lowest BCUT2D eigenvalue weighted by molar-refractivity contribution is -0.384. The third-order valence-corrected chi connectivity index (χ3v) is 4.15. The molecule has 32 heavy (non-hydrogen) atoms. The first kappa shape index (κ1) is 24.1. The molecule has 2 aromatic carbocycles. The number of nitrogens with two attached hydrogens (primary N) is 2. The Balaban J connectivity index is 1.74. The van der Waals surface area contributed by atoms with Gasteiger partial charge in [0.15, 0.2) is 0 Å². The Kier molecular flexibility index (Phi) is 8.92. The van der Waals surface area contributed by atoms with Gasteiger partial charge in [0.05, 0.1) is 11.0 Å². The predicted octanol–water partition coefficient (Wildman–Crippen LogP) is 2.02. The quantitative estimate of drug-likeness (QED) is 0.140. The lowest BCUT2D eigenvalue weighted by Crippen LogP contribution is -2.37. The molecule has 12 heteroatoms. The second kappa shape index (κ2) is 11.9. The SMILES string of the molecule is NC(=O)NCCC[C@H](N)C(=O)Nc1ccc(COC(=O)Oc2ccc([N+](=O)[O-])cc2)cc1. The number of carbonyl (C=O) groups excluding carboxylic acids is 3. The highest BCUT2D eigenvalue weighted by molar-refractivity contribution is 5.94. The standard InChI is InChI=1S/C20H23N5O7/c21-17(2-1-11-23-19(22)27)18(26)24-14-5-3-13(4-6-14)12-31-20(28)32-16-9-7-15(8-10-16)25(29)30/h3-10,17H,1-2,11-12,21H2,(H,24,26)(H3,22,23,27)/t17-/m0/s1. The van der Waals surface area contributed by atoms with E-state index in [2.05, 4.69) is 10.6 Å². The van der Waals surface area contributed by atoms with E-state index in [-0.39, 0.29) is 24.0 Å². The van der Waals surface area contributed by atoms with E-state index in [0.29, 0.717) is 30.6 Å². The largest absolute Gasteiger partial charge is 0.514 e. The number of hydrogen-bond donors (Lipinski definition) is 4. The van der Waals surface area contributed by atoms with Gasteiger partial charge in [-0.25, -0.2) is 9.59 Å². The summed E-state index contributed by atoms with van der Waals surface area (Å²) in [5.74, 6) is -0.264. The maximum absolute atomic E-state index is 12.1. The number of nitro groups is 1. The average Bonchev–Trinajstić information content (AvgIpc) is 2.76. The molecule has 2 rings (SSSR count).